The van der Waals surface area contributed by atoms with Gasteiger partial charge in [0.15, 0.2) is 0 Å². The highest BCUT2D eigenvalue weighted by atomic mass is 32.2. The van der Waals surface area contributed by atoms with Gasteiger partial charge >= 0.3 is 0 Å². The molecule has 0 aliphatic rings. The third kappa shape index (κ3) is 8.13. The lowest BCUT2D eigenvalue weighted by atomic mass is 9.87. The Kier molecular flexibility index (Phi) is 9.61. The van der Waals surface area contributed by atoms with Gasteiger partial charge in [-0.05, 0) is 41.7 Å². The van der Waals surface area contributed by atoms with Crippen molar-refractivity contribution in [3.8, 4) is 17.2 Å². The molecule has 0 atom stereocenters. The molecule has 0 fully saturated rings. The van der Waals surface area contributed by atoms with Crippen LogP contribution in [0.5, 0.6) is 17.2 Å². The van der Waals surface area contributed by atoms with Crippen LogP contribution in [0.25, 0.3) is 0 Å². The summed E-state index contributed by atoms with van der Waals surface area (Å²) >= 11 is 0. The first-order valence-corrected chi connectivity index (χ1v) is 13.0. The molecule has 9 heteroatoms. The third-order valence-electron chi connectivity index (χ3n) is 5.23. The maximum atomic E-state index is 12.4. The molecule has 0 aliphatic heterocycles. The highest BCUT2D eigenvalue weighted by Crippen LogP contribution is 2.33. The van der Waals surface area contributed by atoms with E-state index in [4.69, 9.17) is 14.2 Å². The van der Waals surface area contributed by atoms with Gasteiger partial charge in [-0.15, -0.1) is 0 Å². The van der Waals surface area contributed by atoms with Crippen LogP contribution in [0.1, 0.15) is 39.2 Å². The van der Waals surface area contributed by atoms with Gasteiger partial charge in [0, 0.05) is 19.0 Å². The number of nitrogens with zero attached hydrogens (tertiary/aromatic N) is 1. The number of ether oxygens (including phenoxy) is 3. The minimum absolute atomic E-state index is 0.0811. The molecule has 0 heterocycles. The Morgan fingerprint density at radius 3 is 2.21 bits per heavy atom. The summed E-state index contributed by atoms with van der Waals surface area (Å²) in [6.07, 6.45) is 1.66. The molecule has 2 aromatic carbocycles. The van der Waals surface area contributed by atoms with Crippen molar-refractivity contribution >= 4 is 21.6 Å². The van der Waals surface area contributed by atoms with E-state index in [1.54, 1.807) is 18.2 Å². The molecule has 0 aliphatic carbocycles. The molecule has 0 unspecified atom stereocenters. The molecular weight excluding hydrogens is 456 g/mol. The molecule has 0 saturated carbocycles. The summed E-state index contributed by atoms with van der Waals surface area (Å²) in [4.78, 5) is 12.2. The molecule has 1 N–H and O–H groups in total. The summed E-state index contributed by atoms with van der Waals surface area (Å²) in [5.41, 5.74) is 1.71. The number of hydrogen-bond donors (Lipinski definition) is 1. The Bertz CT molecular complexity index is 1050. The van der Waals surface area contributed by atoms with Crippen LogP contribution in [0.3, 0.4) is 0 Å². The highest BCUT2D eigenvalue weighted by molar-refractivity contribution is 7.92. The first-order chi connectivity index (χ1) is 16.0. The zero-order chi connectivity index (χ0) is 25.4. The molecule has 0 aromatic heterocycles. The van der Waals surface area contributed by atoms with Crippen molar-refractivity contribution in [2.45, 2.75) is 39.0 Å². The Labute approximate surface area is 203 Å². The summed E-state index contributed by atoms with van der Waals surface area (Å²) in [5.74, 6) is 1.52. The monoisotopic (exact) mass is 492 g/mol. The molecule has 0 bridgehead atoms. The number of anilines is 1. The van der Waals surface area contributed by atoms with Crippen molar-refractivity contribution < 1.29 is 27.4 Å². The van der Waals surface area contributed by atoms with Crippen molar-refractivity contribution in [2.75, 3.05) is 44.5 Å². The second-order valence-electron chi connectivity index (χ2n) is 8.95. The quantitative estimate of drug-likeness (QED) is 0.454. The number of nitrogens with one attached hydrogen (secondary N) is 1. The van der Waals surface area contributed by atoms with Gasteiger partial charge in [0.2, 0.25) is 15.9 Å². The van der Waals surface area contributed by atoms with E-state index in [0.717, 1.165) is 12.0 Å². The molecule has 0 radical (unpaired) electrons. The van der Waals surface area contributed by atoms with Crippen molar-refractivity contribution in [2.24, 2.45) is 0 Å². The lowest BCUT2D eigenvalue weighted by Crippen LogP contribution is -2.33. The third-order valence-corrected chi connectivity index (χ3v) is 6.41. The van der Waals surface area contributed by atoms with Gasteiger partial charge in [-0.3, -0.25) is 9.10 Å². The van der Waals surface area contributed by atoms with E-state index >= 15 is 0 Å². The number of methoxy groups -OCH3 is 2. The van der Waals surface area contributed by atoms with E-state index in [0.29, 0.717) is 36.8 Å². The number of sulfonamides is 1. The fourth-order valence-electron chi connectivity index (χ4n) is 3.34. The predicted octanol–water partition coefficient (Wildman–Crippen LogP) is 3.74. The molecule has 34 heavy (non-hydrogen) atoms. The first-order valence-electron chi connectivity index (χ1n) is 11.2. The summed E-state index contributed by atoms with van der Waals surface area (Å²) in [6.45, 7) is 7.32. The summed E-state index contributed by atoms with van der Waals surface area (Å²) in [5, 5.41) is 2.81. The minimum Gasteiger partial charge on any atom is -0.497 e. The second kappa shape index (κ2) is 12.0. The summed E-state index contributed by atoms with van der Waals surface area (Å²) in [7, 11) is -0.583. The summed E-state index contributed by atoms with van der Waals surface area (Å²) in [6, 6.07) is 12.9. The lowest BCUT2D eigenvalue weighted by molar-refractivity contribution is -0.121. The summed E-state index contributed by atoms with van der Waals surface area (Å²) < 4.78 is 42.2. The van der Waals surface area contributed by atoms with E-state index in [-0.39, 0.29) is 24.3 Å². The van der Waals surface area contributed by atoms with E-state index in [1.165, 1.54) is 24.1 Å². The SMILES string of the molecule is COc1ccc(N(CCCC(=O)NCCOc2ccc(C(C)(C)C)cc2)S(C)(=O)=O)c(OC)c1. The van der Waals surface area contributed by atoms with Crippen LogP contribution in [-0.4, -0.2) is 54.5 Å². The van der Waals surface area contributed by atoms with E-state index in [2.05, 4.69) is 26.1 Å². The zero-order valence-electron chi connectivity index (χ0n) is 20.9. The molecular formula is C25H36N2O6S. The molecule has 0 saturated heterocycles. The number of carbonyl (C=O) groups excluding carboxylic acids is 1. The number of amides is 1. The maximum absolute atomic E-state index is 12.4. The van der Waals surface area contributed by atoms with Crippen LogP contribution in [0.2, 0.25) is 0 Å². The number of hydrogen-bond acceptors (Lipinski definition) is 6. The van der Waals surface area contributed by atoms with Gasteiger partial charge in [0.05, 0.1) is 32.7 Å². The van der Waals surface area contributed by atoms with Crippen molar-refractivity contribution in [1.29, 1.82) is 0 Å². The predicted molar refractivity (Wildman–Crippen MR) is 135 cm³/mol. The van der Waals surface area contributed by atoms with E-state index < -0.39 is 10.0 Å². The van der Waals surface area contributed by atoms with Crippen LogP contribution in [0.15, 0.2) is 42.5 Å². The number of carbonyl (C=O) groups is 1. The maximum Gasteiger partial charge on any atom is 0.232 e. The first kappa shape index (κ1) is 27.3. The van der Waals surface area contributed by atoms with Gasteiger partial charge in [0.25, 0.3) is 0 Å². The topological polar surface area (TPSA) is 94.2 Å². The Balaban J connectivity index is 1.82. The van der Waals surface area contributed by atoms with Crippen LogP contribution in [0, 0.1) is 0 Å². The second-order valence-corrected chi connectivity index (χ2v) is 10.9. The smallest absolute Gasteiger partial charge is 0.232 e. The van der Waals surface area contributed by atoms with Gasteiger partial charge in [-0.25, -0.2) is 8.42 Å². The fraction of sp³-hybridized carbons (Fsp3) is 0.480. The molecule has 2 aromatic rings. The van der Waals surface area contributed by atoms with Gasteiger partial charge in [-0.1, -0.05) is 32.9 Å². The number of rotatable bonds is 12. The highest BCUT2D eigenvalue weighted by Gasteiger charge is 2.21. The van der Waals surface area contributed by atoms with Crippen molar-refractivity contribution in [3.63, 3.8) is 0 Å². The Morgan fingerprint density at radius 2 is 1.65 bits per heavy atom. The van der Waals surface area contributed by atoms with Crippen LogP contribution >= 0.6 is 0 Å². The lowest BCUT2D eigenvalue weighted by Gasteiger charge is -2.24. The molecule has 2 rings (SSSR count). The minimum atomic E-state index is -3.57. The average molecular weight is 493 g/mol. The number of benzene rings is 2. The Hall–Kier alpha value is -2.94. The fourth-order valence-corrected chi connectivity index (χ4v) is 4.31. The van der Waals surface area contributed by atoms with Crippen LogP contribution in [0.4, 0.5) is 5.69 Å². The van der Waals surface area contributed by atoms with Crippen molar-refractivity contribution in [1.82, 2.24) is 5.32 Å². The van der Waals surface area contributed by atoms with Crippen molar-refractivity contribution in [3.05, 3.63) is 48.0 Å². The average Bonchev–Trinajstić information content (AvgIpc) is 2.78. The van der Waals surface area contributed by atoms with Gasteiger partial charge in [-0.2, -0.15) is 0 Å². The normalized spacial score (nSPS) is 11.6. The van der Waals surface area contributed by atoms with Gasteiger partial charge < -0.3 is 19.5 Å². The van der Waals surface area contributed by atoms with Gasteiger partial charge in [0.1, 0.15) is 23.9 Å². The zero-order valence-corrected chi connectivity index (χ0v) is 21.7. The largest absolute Gasteiger partial charge is 0.497 e. The Morgan fingerprint density at radius 1 is 1.00 bits per heavy atom. The molecule has 1 amide bonds. The van der Waals surface area contributed by atoms with E-state index in [1.807, 2.05) is 24.3 Å². The molecule has 8 nitrogen and oxygen atoms in total. The van der Waals surface area contributed by atoms with Crippen LogP contribution < -0.4 is 23.8 Å². The van der Waals surface area contributed by atoms with Crippen LogP contribution in [-0.2, 0) is 20.2 Å². The van der Waals surface area contributed by atoms with E-state index in [9.17, 15) is 13.2 Å². The standard InChI is InChI=1S/C25H36N2O6S/c1-25(2,3)19-9-11-20(12-10-19)33-17-15-26-24(28)8-7-16-27(34(6,29)30)22-14-13-21(31-4)18-23(22)32-5/h9-14,18H,7-8,15-17H2,1-6H3,(H,26,28). The molecule has 188 valence electrons. The molecule has 0 spiro atoms.